The van der Waals surface area contributed by atoms with Gasteiger partial charge >= 0.3 is 6.18 Å². The number of para-hydroxylation sites is 1. The summed E-state index contributed by atoms with van der Waals surface area (Å²) in [5.41, 5.74) is -1.78. The average molecular weight is 381 g/mol. The SMILES string of the molecule is Cn1c(Sc2ccc(C(F)(F)F)cc2[N+](=O)[O-])nc2ccccc2c1=O. The summed E-state index contributed by atoms with van der Waals surface area (Å²) in [7, 11) is 1.44. The van der Waals surface area contributed by atoms with Crippen molar-refractivity contribution in [3.63, 3.8) is 0 Å². The van der Waals surface area contributed by atoms with E-state index in [1.807, 2.05) is 0 Å². The van der Waals surface area contributed by atoms with Gasteiger partial charge in [0.1, 0.15) is 0 Å². The number of fused-ring (bicyclic) bond motifs is 1. The van der Waals surface area contributed by atoms with Crippen molar-refractivity contribution in [2.24, 2.45) is 7.05 Å². The largest absolute Gasteiger partial charge is 0.416 e. The van der Waals surface area contributed by atoms with Gasteiger partial charge in [-0.3, -0.25) is 19.5 Å². The molecule has 3 aromatic rings. The first kappa shape index (κ1) is 17.9. The van der Waals surface area contributed by atoms with Crippen LogP contribution < -0.4 is 5.56 Å². The first-order chi connectivity index (χ1) is 12.2. The molecule has 0 aliphatic carbocycles. The van der Waals surface area contributed by atoms with Crippen molar-refractivity contribution < 1.29 is 18.1 Å². The lowest BCUT2D eigenvalue weighted by atomic mass is 10.2. The van der Waals surface area contributed by atoms with Gasteiger partial charge in [0.15, 0.2) is 5.16 Å². The second-order valence-corrected chi connectivity index (χ2v) is 6.32. The summed E-state index contributed by atoms with van der Waals surface area (Å²) in [5.74, 6) is 0. The van der Waals surface area contributed by atoms with Crippen LogP contribution in [0.3, 0.4) is 0 Å². The zero-order chi connectivity index (χ0) is 19.1. The maximum atomic E-state index is 12.8. The maximum absolute atomic E-state index is 12.8. The summed E-state index contributed by atoms with van der Waals surface area (Å²) in [6.07, 6.45) is -4.69. The van der Waals surface area contributed by atoms with Gasteiger partial charge in [0.25, 0.3) is 11.2 Å². The third-order valence-electron chi connectivity index (χ3n) is 3.63. The third-order valence-corrected chi connectivity index (χ3v) is 4.74. The van der Waals surface area contributed by atoms with Crippen molar-refractivity contribution in [3.05, 3.63) is 68.5 Å². The van der Waals surface area contributed by atoms with Crippen LogP contribution in [0.2, 0.25) is 0 Å². The monoisotopic (exact) mass is 381 g/mol. The summed E-state index contributed by atoms with van der Waals surface area (Å²) in [4.78, 5) is 26.9. The highest BCUT2D eigenvalue weighted by atomic mass is 32.2. The van der Waals surface area contributed by atoms with Crippen LogP contribution >= 0.6 is 11.8 Å². The first-order valence-corrected chi connectivity index (χ1v) is 7.99. The molecule has 0 saturated carbocycles. The van der Waals surface area contributed by atoms with E-state index in [2.05, 4.69) is 4.98 Å². The molecule has 0 saturated heterocycles. The molecule has 2 aromatic carbocycles. The molecular weight excluding hydrogens is 371 g/mol. The lowest BCUT2D eigenvalue weighted by Crippen LogP contribution is -2.19. The minimum absolute atomic E-state index is 0.0409. The van der Waals surface area contributed by atoms with E-state index in [1.165, 1.54) is 11.6 Å². The molecule has 1 heterocycles. The Labute approximate surface area is 148 Å². The van der Waals surface area contributed by atoms with Crippen molar-refractivity contribution in [1.82, 2.24) is 9.55 Å². The minimum atomic E-state index is -4.69. The molecule has 0 N–H and O–H groups in total. The molecule has 0 aliphatic heterocycles. The lowest BCUT2D eigenvalue weighted by Gasteiger charge is -2.10. The van der Waals surface area contributed by atoms with Crippen LogP contribution in [0.1, 0.15) is 5.56 Å². The number of aromatic nitrogens is 2. The fourth-order valence-corrected chi connectivity index (χ4v) is 3.24. The fourth-order valence-electron chi connectivity index (χ4n) is 2.31. The Kier molecular flexibility index (Phi) is 4.45. The second-order valence-electron chi connectivity index (χ2n) is 5.32. The molecule has 3 rings (SSSR count). The molecule has 0 fully saturated rings. The highest BCUT2D eigenvalue weighted by molar-refractivity contribution is 7.99. The van der Waals surface area contributed by atoms with Gasteiger partial charge in [-0.25, -0.2) is 4.98 Å². The molecule has 0 unspecified atom stereocenters. The van der Waals surface area contributed by atoms with Gasteiger partial charge in [-0.1, -0.05) is 12.1 Å². The number of nitrogens with zero attached hydrogens (tertiary/aromatic N) is 3. The van der Waals surface area contributed by atoms with Gasteiger partial charge in [-0.2, -0.15) is 13.2 Å². The van der Waals surface area contributed by atoms with Crippen LogP contribution in [0.25, 0.3) is 10.9 Å². The fraction of sp³-hybridized carbons (Fsp3) is 0.125. The Morgan fingerprint density at radius 2 is 1.88 bits per heavy atom. The average Bonchev–Trinajstić information content (AvgIpc) is 2.58. The number of benzene rings is 2. The zero-order valence-corrected chi connectivity index (χ0v) is 14.0. The number of halogens is 3. The zero-order valence-electron chi connectivity index (χ0n) is 13.1. The number of hydrogen-bond acceptors (Lipinski definition) is 5. The van der Waals surface area contributed by atoms with Crippen LogP contribution in [0.15, 0.2) is 57.3 Å². The van der Waals surface area contributed by atoms with Crippen LogP contribution in [-0.4, -0.2) is 14.5 Å². The topological polar surface area (TPSA) is 78.0 Å². The molecule has 134 valence electrons. The van der Waals surface area contributed by atoms with Gasteiger partial charge in [-0.15, -0.1) is 0 Å². The number of nitro groups is 1. The van der Waals surface area contributed by atoms with Crippen LogP contribution in [-0.2, 0) is 13.2 Å². The highest BCUT2D eigenvalue weighted by Crippen LogP contribution is 2.38. The Morgan fingerprint density at radius 1 is 1.19 bits per heavy atom. The Bertz CT molecular complexity index is 1080. The molecule has 6 nitrogen and oxygen atoms in total. The van der Waals surface area contributed by atoms with Crippen molar-refractivity contribution >= 4 is 28.4 Å². The van der Waals surface area contributed by atoms with Crippen molar-refractivity contribution in [3.8, 4) is 0 Å². The molecule has 0 radical (unpaired) electrons. The summed E-state index contributed by atoms with van der Waals surface area (Å²) in [5, 5.41) is 11.7. The quantitative estimate of drug-likeness (QED) is 0.389. The van der Waals surface area contributed by atoms with E-state index in [1.54, 1.807) is 24.3 Å². The molecule has 0 spiro atoms. The number of nitro benzene ring substituents is 1. The molecule has 0 aliphatic rings. The molecular formula is C16H10F3N3O3S. The van der Waals surface area contributed by atoms with E-state index in [4.69, 9.17) is 0 Å². The predicted octanol–water partition coefficient (Wildman–Crippen LogP) is 4.01. The van der Waals surface area contributed by atoms with E-state index in [-0.39, 0.29) is 15.6 Å². The standard InChI is InChI=1S/C16H10F3N3O3S/c1-21-14(23)10-4-2-3-5-11(10)20-15(21)26-13-7-6-9(16(17,18)19)8-12(13)22(24)25/h2-8H,1H3. The Morgan fingerprint density at radius 3 is 2.54 bits per heavy atom. The number of alkyl halides is 3. The van der Waals surface area contributed by atoms with E-state index >= 15 is 0 Å². The summed E-state index contributed by atoms with van der Waals surface area (Å²) in [6, 6.07) is 8.81. The summed E-state index contributed by atoms with van der Waals surface area (Å²) < 4.78 is 39.6. The third kappa shape index (κ3) is 3.27. The molecule has 0 amide bonds. The number of rotatable bonds is 3. The molecule has 26 heavy (non-hydrogen) atoms. The smallest absolute Gasteiger partial charge is 0.290 e. The first-order valence-electron chi connectivity index (χ1n) is 7.18. The molecule has 0 atom stereocenters. The van der Waals surface area contributed by atoms with Crippen molar-refractivity contribution in [2.45, 2.75) is 16.2 Å². The van der Waals surface area contributed by atoms with E-state index < -0.39 is 22.4 Å². The molecule has 1 aromatic heterocycles. The van der Waals surface area contributed by atoms with Crippen LogP contribution in [0.4, 0.5) is 18.9 Å². The second kappa shape index (κ2) is 6.45. The van der Waals surface area contributed by atoms with E-state index in [0.717, 1.165) is 23.9 Å². The van der Waals surface area contributed by atoms with Gasteiger partial charge in [-0.05, 0) is 36.0 Å². The van der Waals surface area contributed by atoms with Crippen molar-refractivity contribution in [1.29, 1.82) is 0 Å². The van der Waals surface area contributed by atoms with E-state index in [9.17, 15) is 28.1 Å². The van der Waals surface area contributed by atoms with E-state index in [0.29, 0.717) is 17.0 Å². The van der Waals surface area contributed by atoms with Gasteiger partial charge in [0, 0.05) is 13.1 Å². The molecule has 10 heteroatoms. The highest BCUT2D eigenvalue weighted by Gasteiger charge is 2.33. The summed E-state index contributed by atoms with van der Waals surface area (Å²) in [6.45, 7) is 0. The van der Waals surface area contributed by atoms with Gasteiger partial charge < -0.3 is 0 Å². The van der Waals surface area contributed by atoms with Gasteiger partial charge in [0.05, 0.1) is 26.3 Å². The Hall–Kier alpha value is -2.88. The lowest BCUT2D eigenvalue weighted by molar-refractivity contribution is -0.388. The minimum Gasteiger partial charge on any atom is -0.290 e. The Balaban J connectivity index is 2.12. The number of hydrogen-bond donors (Lipinski definition) is 0. The van der Waals surface area contributed by atoms with Crippen LogP contribution in [0.5, 0.6) is 0 Å². The predicted molar refractivity (Wildman–Crippen MR) is 89.2 cm³/mol. The normalized spacial score (nSPS) is 11.7. The molecule has 0 bridgehead atoms. The van der Waals surface area contributed by atoms with Gasteiger partial charge in [0.2, 0.25) is 0 Å². The van der Waals surface area contributed by atoms with Crippen molar-refractivity contribution in [2.75, 3.05) is 0 Å². The van der Waals surface area contributed by atoms with Crippen LogP contribution in [0, 0.1) is 10.1 Å². The maximum Gasteiger partial charge on any atom is 0.416 e. The summed E-state index contributed by atoms with van der Waals surface area (Å²) >= 11 is 0.760.